The van der Waals surface area contributed by atoms with Gasteiger partial charge in [-0.25, -0.2) is 0 Å². The van der Waals surface area contributed by atoms with Crippen molar-refractivity contribution in [3.8, 4) is 0 Å². The van der Waals surface area contributed by atoms with Gasteiger partial charge >= 0.3 is 0 Å². The molecule has 1 heterocycles. The van der Waals surface area contributed by atoms with E-state index < -0.39 is 37.1 Å². The lowest BCUT2D eigenvalue weighted by atomic mass is 9.87. The SMILES string of the molecule is CC(=O)C[C@H]1[C@H](O)[C@@H](O)[C@@H](CO)O[C@H]1O. The fraction of sp³-hybridized carbons (Fsp3) is 0.889. The third kappa shape index (κ3) is 2.73. The van der Waals surface area contributed by atoms with Crippen LogP contribution in [0.5, 0.6) is 0 Å². The number of hydrogen-bond donors (Lipinski definition) is 4. The van der Waals surface area contributed by atoms with Crippen molar-refractivity contribution in [3.05, 3.63) is 0 Å². The summed E-state index contributed by atoms with van der Waals surface area (Å²) in [5, 5.41) is 37.3. The highest BCUT2D eigenvalue weighted by Gasteiger charge is 2.43. The summed E-state index contributed by atoms with van der Waals surface area (Å²) in [6, 6.07) is 0. The van der Waals surface area contributed by atoms with Crippen molar-refractivity contribution in [2.24, 2.45) is 5.92 Å². The van der Waals surface area contributed by atoms with Crippen LogP contribution in [0.2, 0.25) is 0 Å². The number of ketones is 1. The Labute approximate surface area is 87.1 Å². The zero-order chi connectivity index (χ0) is 11.6. The molecule has 0 aromatic carbocycles. The summed E-state index contributed by atoms with van der Waals surface area (Å²) in [6.07, 6.45) is -4.99. The van der Waals surface area contributed by atoms with Gasteiger partial charge in [0.05, 0.1) is 12.7 Å². The van der Waals surface area contributed by atoms with E-state index in [1.54, 1.807) is 0 Å². The minimum Gasteiger partial charge on any atom is -0.394 e. The molecule has 0 amide bonds. The Morgan fingerprint density at radius 1 is 1.27 bits per heavy atom. The van der Waals surface area contributed by atoms with Crippen molar-refractivity contribution < 1.29 is 30.0 Å². The highest BCUT2D eigenvalue weighted by Crippen LogP contribution is 2.27. The van der Waals surface area contributed by atoms with Crippen molar-refractivity contribution >= 4 is 5.78 Å². The topological polar surface area (TPSA) is 107 Å². The standard InChI is InChI=1S/C9H16O6/c1-4(11)2-5-7(12)8(13)6(3-10)15-9(5)14/h5-10,12-14H,2-3H2,1H3/t5-,6+,7-,8-,9+/m0/s1. The molecule has 15 heavy (non-hydrogen) atoms. The number of carbonyl (C=O) groups excluding carboxylic acids is 1. The third-order valence-electron chi connectivity index (χ3n) is 2.55. The highest BCUT2D eigenvalue weighted by atomic mass is 16.6. The fourth-order valence-electron chi connectivity index (χ4n) is 1.71. The summed E-state index contributed by atoms with van der Waals surface area (Å²) in [5.41, 5.74) is 0. The number of carbonyl (C=O) groups is 1. The average molecular weight is 220 g/mol. The van der Waals surface area contributed by atoms with Crippen molar-refractivity contribution in [1.82, 2.24) is 0 Å². The Hall–Kier alpha value is -0.530. The van der Waals surface area contributed by atoms with Crippen molar-refractivity contribution in [2.75, 3.05) is 6.61 Å². The van der Waals surface area contributed by atoms with Crippen LogP contribution < -0.4 is 0 Å². The van der Waals surface area contributed by atoms with E-state index in [-0.39, 0.29) is 12.2 Å². The van der Waals surface area contributed by atoms with E-state index >= 15 is 0 Å². The van der Waals surface area contributed by atoms with Gasteiger partial charge in [-0.2, -0.15) is 0 Å². The first-order chi connectivity index (χ1) is 6.97. The van der Waals surface area contributed by atoms with Crippen molar-refractivity contribution in [1.29, 1.82) is 0 Å². The summed E-state index contributed by atoms with van der Waals surface area (Å²) in [5.74, 6) is -1.06. The van der Waals surface area contributed by atoms with E-state index in [9.17, 15) is 20.1 Å². The quantitative estimate of drug-likeness (QED) is 0.439. The van der Waals surface area contributed by atoms with Gasteiger partial charge in [-0.3, -0.25) is 0 Å². The van der Waals surface area contributed by atoms with Gasteiger partial charge in [0.1, 0.15) is 18.0 Å². The summed E-state index contributed by atoms with van der Waals surface area (Å²) < 4.78 is 4.87. The van der Waals surface area contributed by atoms with Gasteiger partial charge in [0.25, 0.3) is 0 Å². The van der Waals surface area contributed by atoms with Crippen LogP contribution in [0.4, 0.5) is 0 Å². The van der Waals surface area contributed by atoms with Crippen molar-refractivity contribution in [2.45, 2.75) is 37.9 Å². The summed E-state index contributed by atoms with van der Waals surface area (Å²) >= 11 is 0. The lowest BCUT2D eigenvalue weighted by Crippen LogP contribution is -2.55. The van der Waals surface area contributed by atoms with E-state index in [1.807, 2.05) is 0 Å². The van der Waals surface area contributed by atoms with Crippen LogP contribution >= 0.6 is 0 Å². The van der Waals surface area contributed by atoms with Gasteiger partial charge in [-0.1, -0.05) is 0 Å². The highest BCUT2D eigenvalue weighted by molar-refractivity contribution is 5.75. The molecule has 5 atom stereocenters. The normalized spacial score (nSPS) is 41.5. The molecule has 6 heteroatoms. The molecule has 1 rings (SSSR count). The molecule has 0 spiro atoms. The smallest absolute Gasteiger partial charge is 0.160 e. The van der Waals surface area contributed by atoms with E-state index in [4.69, 9.17) is 9.84 Å². The number of hydrogen-bond acceptors (Lipinski definition) is 6. The number of Topliss-reactive ketones (excluding diaryl/α,β-unsaturated/α-hetero) is 1. The van der Waals surface area contributed by atoms with Gasteiger partial charge in [0, 0.05) is 12.3 Å². The first-order valence-corrected chi connectivity index (χ1v) is 4.77. The predicted octanol–water partition coefficient (Wildman–Crippen LogP) is -1.99. The number of rotatable bonds is 3. The van der Waals surface area contributed by atoms with Gasteiger partial charge in [0.15, 0.2) is 6.29 Å². The van der Waals surface area contributed by atoms with Crippen LogP contribution in [0, 0.1) is 5.92 Å². The van der Waals surface area contributed by atoms with Gasteiger partial charge in [-0.15, -0.1) is 0 Å². The molecule has 1 aliphatic heterocycles. The predicted molar refractivity (Wildman–Crippen MR) is 48.8 cm³/mol. The fourth-order valence-corrected chi connectivity index (χ4v) is 1.71. The molecule has 0 aromatic rings. The molecule has 0 unspecified atom stereocenters. The van der Waals surface area contributed by atoms with Crippen molar-refractivity contribution in [3.63, 3.8) is 0 Å². The Bertz CT molecular complexity index is 231. The van der Waals surface area contributed by atoms with E-state index in [2.05, 4.69) is 0 Å². The zero-order valence-corrected chi connectivity index (χ0v) is 8.41. The van der Waals surface area contributed by atoms with Crippen LogP contribution in [-0.2, 0) is 9.53 Å². The summed E-state index contributed by atoms with van der Waals surface area (Å²) in [6.45, 7) is 0.825. The van der Waals surface area contributed by atoms with Gasteiger partial charge < -0.3 is 30.0 Å². The first kappa shape index (κ1) is 12.5. The zero-order valence-electron chi connectivity index (χ0n) is 8.41. The summed E-state index contributed by atoms with van der Waals surface area (Å²) in [4.78, 5) is 10.9. The van der Waals surface area contributed by atoms with Crippen LogP contribution in [0.3, 0.4) is 0 Å². The molecule has 0 aliphatic carbocycles. The largest absolute Gasteiger partial charge is 0.394 e. The lowest BCUT2D eigenvalue weighted by molar-refractivity contribution is -0.269. The first-order valence-electron chi connectivity index (χ1n) is 4.77. The van der Waals surface area contributed by atoms with Crippen LogP contribution in [0.15, 0.2) is 0 Å². The average Bonchev–Trinajstić information content (AvgIpc) is 2.18. The Balaban J connectivity index is 2.70. The third-order valence-corrected chi connectivity index (χ3v) is 2.55. The molecule has 1 aliphatic rings. The molecule has 0 bridgehead atoms. The molecular formula is C9H16O6. The maximum Gasteiger partial charge on any atom is 0.160 e. The molecule has 0 saturated carbocycles. The number of aliphatic hydroxyl groups excluding tert-OH is 4. The number of aliphatic hydroxyl groups is 4. The summed E-state index contributed by atoms with van der Waals surface area (Å²) in [7, 11) is 0. The monoisotopic (exact) mass is 220 g/mol. The van der Waals surface area contributed by atoms with Gasteiger partial charge in [0.2, 0.25) is 0 Å². The molecule has 88 valence electrons. The van der Waals surface area contributed by atoms with E-state index in [1.165, 1.54) is 6.92 Å². The maximum atomic E-state index is 10.9. The van der Waals surface area contributed by atoms with E-state index in [0.717, 1.165) is 0 Å². The number of ether oxygens (including phenoxy) is 1. The lowest BCUT2D eigenvalue weighted by Gasteiger charge is -2.39. The van der Waals surface area contributed by atoms with Gasteiger partial charge in [-0.05, 0) is 6.92 Å². The van der Waals surface area contributed by atoms with Crippen LogP contribution in [-0.4, -0.2) is 57.4 Å². The van der Waals surface area contributed by atoms with E-state index in [0.29, 0.717) is 0 Å². The molecule has 0 aromatic heterocycles. The van der Waals surface area contributed by atoms with Crippen LogP contribution in [0.1, 0.15) is 13.3 Å². The maximum absolute atomic E-state index is 10.9. The molecule has 1 saturated heterocycles. The minimum absolute atomic E-state index is 0.0719. The molecule has 0 radical (unpaired) electrons. The second-order valence-corrected chi connectivity index (χ2v) is 3.80. The Morgan fingerprint density at radius 3 is 2.33 bits per heavy atom. The minimum atomic E-state index is -1.34. The Morgan fingerprint density at radius 2 is 1.87 bits per heavy atom. The second-order valence-electron chi connectivity index (χ2n) is 3.80. The molecule has 4 N–H and O–H groups in total. The second kappa shape index (κ2) is 5.00. The molecule has 6 nitrogen and oxygen atoms in total. The molecular weight excluding hydrogens is 204 g/mol. The molecule has 1 fully saturated rings. The van der Waals surface area contributed by atoms with Crippen LogP contribution in [0.25, 0.3) is 0 Å². The Kier molecular flexibility index (Phi) is 4.18.